The number of halogens is 1. The van der Waals surface area contributed by atoms with Gasteiger partial charge in [-0.2, -0.15) is 0 Å². The highest BCUT2D eigenvalue weighted by Crippen LogP contribution is 2.20. The summed E-state index contributed by atoms with van der Waals surface area (Å²) in [4.78, 5) is 16.4. The molecule has 20 heavy (non-hydrogen) atoms. The molecule has 4 nitrogen and oxygen atoms in total. The summed E-state index contributed by atoms with van der Waals surface area (Å²) in [5.74, 6) is -0.286. The molecule has 1 aromatic heterocycles. The minimum atomic E-state index is -0.286. The molecule has 1 fully saturated rings. The van der Waals surface area contributed by atoms with Crippen LogP contribution in [0.5, 0.6) is 0 Å². The minimum Gasteiger partial charge on any atom is -0.381 e. The fourth-order valence-corrected chi connectivity index (χ4v) is 2.67. The summed E-state index contributed by atoms with van der Waals surface area (Å²) in [7, 11) is 0. The zero-order valence-corrected chi connectivity index (χ0v) is 11.3. The molecule has 0 unspecified atom stereocenters. The van der Waals surface area contributed by atoms with Gasteiger partial charge in [0.1, 0.15) is 5.82 Å². The molecule has 1 saturated heterocycles. The van der Waals surface area contributed by atoms with Crippen molar-refractivity contribution in [1.29, 1.82) is 0 Å². The molecule has 1 aliphatic heterocycles. The van der Waals surface area contributed by atoms with E-state index in [0.29, 0.717) is 23.1 Å². The number of H-pyrrole nitrogens is 1. The van der Waals surface area contributed by atoms with Crippen molar-refractivity contribution >= 4 is 16.6 Å². The molecular formula is C15H18FN3O. The summed E-state index contributed by atoms with van der Waals surface area (Å²) in [6.07, 6.45) is 2.51. The second-order valence-corrected chi connectivity index (χ2v) is 5.22. The Labute approximate surface area is 116 Å². The van der Waals surface area contributed by atoms with Crippen molar-refractivity contribution in [3.05, 3.63) is 40.4 Å². The maximum atomic E-state index is 14.0. The van der Waals surface area contributed by atoms with Crippen LogP contribution < -0.4 is 10.9 Å². The Hall–Kier alpha value is -1.88. The van der Waals surface area contributed by atoms with Gasteiger partial charge in [0.15, 0.2) is 0 Å². The van der Waals surface area contributed by atoms with E-state index in [1.165, 1.54) is 25.0 Å². The lowest BCUT2D eigenvalue weighted by Gasteiger charge is -2.15. The first-order valence-electron chi connectivity index (χ1n) is 7.01. The third-order valence-electron chi connectivity index (χ3n) is 3.75. The van der Waals surface area contributed by atoms with Gasteiger partial charge in [-0.1, -0.05) is 0 Å². The number of nitrogens with zero attached hydrogens (tertiary/aromatic N) is 1. The average Bonchev–Trinajstić information content (AvgIpc) is 2.93. The normalized spacial score (nSPS) is 15.8. The molecule has 106 valence electrons. The molecule has 2 heterocycles. The van der Waals surface area contributed by atoms with Crippen LogP contribution in [0, 0.1) is 5.82 Å². The Morgan fingerprint density at radius 3 is 2.85 bits per heavy atom. The number of nitrogens with one attached hydrogen (secondary N) is 2. The van der Waals surface area contributed by atoms with Crippen molar-refractivity contribution in [2.24, 2.45) is 0 Å². The predicted octanol–water partition coefficient (Wildman–Crippen LogP) is 2.17. The number of anilines is 1. The smallest absolute Gasteiger partial charge is 0.248 e. The molecule has 0 amide bonds. The maximum Gasteiger partial charge on any atom is 0.248 e. The lowest BCUT2D eigenvalue weighted by atomic mass is 10.2. The third kappa shape index (κ3) is 2.82. The molecule has 0 spiro atoms. The number of hydrogen-bond donors (Lipinski definition) is 2. The minimum absolute atomic E-state index is 0.174. The lowest BCUT2D eigenvalue weighted by Crippen LogP contribution is -2.26. The fourth-order valence-electron chi connectivity index (χ4n) is 2.67. The van der Waals surface area contributed by atoms with Gasteiger partial charge >= 0.3 is 0 Å². The van der Waals surface area contributed by atoms with Crippen molar-refractivity contribution < 1.29 is 4.39 Å². The van der Waals surface area contributed by atoms with E-state index in [9.17, 15) is 9.18 Å². The van der Waals surface area contributed by atoms with E-state index in [4.69, 9.17) is 0 Å². The molecule has 0 saturated carbocycles. The third-order valence-corrected chi connectivity index (χ3v) is 3.75. The molecule has 0 radical (unpaired) electrons. The highest BCUT2D eigenvalue weighted by Gasteiger charge is 2.11. The summed E-state index contributed by atoms with van der Waals surface area (Å²) in [5.41, 5.74) is 0.924. The first-order valence-corrected chi connectivity index (χ1v) is 7.01. The number of aromatic amines is 1. The zero-order chi connectivity index (χ0) is 13.9. The number of hydrogen-bond acceptors (Lipinski definition) is 3. The van der Waals surface area contributed by atoms with Crippen molar-refractivity contribution in [2.75, 3.05) is 31.5 Å². The van der Waals surface area contributed by atoms with Gasteiger partial charge in [-0.15, -0.1) is 0 Å². The number of aromatic nitrogens is 1. The summed E-state index contributed by atoms with van der Waals surface area (Å²) in [6.45, 7) is 3.90. The quantitative estimate of drug-likeness (QED) is 0.899. The van der Waals surface area contributed by atoms with Crippen LogP contribution in [-0.2, 0) is 0 Å². The number of pyridine rings is 1. The second kappa shape index (κ2) is 5.63. The van der Waals surface area contributed by atoms with Crippen molar-refractivity contribution in [2.45, 2.75) is 12.8 Å². The molecule has 0 bridgehead atoms. The zero-order valence-electron chi connectivity index (χ0n) is 11.3. The molecule has 2 aromatic rings. The van der Waals surface area contributed by atoms with Crippen LogP contribution in [0.15, 0.2) is 29.1 Å². The summed E-state index contributed by atoms with van der Waals surface area (Å²) < 4.78 is 14.0. The van der Waals surface area contributed by atoms with Gasteiger partial charge in [-0.3, -0.25) is 4.79 Å². The van der Waals surface area contributed by atoms with E-state index in [0.717, 1.165) is 19.6 Å². The summed E-state index contributed by atoms with van der Waals surface area (Å²) in [6, 6.07) is 6.15. The number of likely N-dealkylation sites (tertiary alicyclic amines) is 1. The Morgan fingerprint density at radius 1 is 1.25 bits per heavy atom. The lowest BCUT2D eigenvalue weighted by molar-refractivity contribution is 0.352. The van der Waals surface area contributed by atoms with Crippen LogP contribution in [-0.4, -0.2) is 36.1 Å². The van der Waals surface area contributed by atoms with Crippen molar-refractivity contribution in [1.82, 2.24) is 9.88 Å². The van der Waals surface area contributed by atoms with Crippen LogP contribution in [0.4, 0.5) is 10.1 Å². The average molecular weight is 275 g/mol. The van der Waals surface area contributed by atoms with Gasteiger partial charge in [0.25, 0.3) is 0 Å². The first-order chi connectivity index (χ1) is 9.72. The predicted molar refractivity (Wildman–Crippen MR) is 78.7 cm³/mol. The van der Waals surface area contributed by atoms with E-state index in [-0.39, 0.29) is 11.4 Å². The number of benzene rings is 1. The van der Waals surface area contributed by atoms with Crippen molar-refractivity contribution in [3.63, 3.8) is 0 Å². The summed E-state index contributed by atoms with van der Waals surface area (Å²) in [5, 5.41) is 3.81. The van der Waals surface area contributed by atoms with E-state index < -0.39 is 0 Å². The van der Waals surface area contributed by atoms with Gasteiger partial charge in [-0.05, 0) is 44.1 Å². The standard InChI is InChI=1S/C15H18FN3O/c16-12-9-11-3-4-15(20)18-13(11)10-14(12)17-5-8-19-6-1-2-7-19/h3-4,9-10,17H,1-2,5-8H2,(H,18,20). The molecule has 1 aliphatic rings. The highest BCUT2D eigenvalue weighted by molar-refractivity contribution is 5.82. The Balaban J connectivity index is 1.73. The molecule has 2 N–H and O–H groups in total. The van der Waals surface area contributed by atoms with Crippen LogP contribution in [0.2, 0.25) is 0 Å². The molecule has 0 aliphatic carbocycles. The van der Waals surface area contributed by atoms with Gasteiger partial charge in [0, 0.05) is 24.5 Å². The van der Waals surface area contributed by atoms with Crippen LogP contribution >= 0.6 is 0 Å². The first kappa shape index (κ1) is 13.1. The Kier molecular flexibility index (Phi) is 3.69. The van der Waals surface area contributed by atoms with E-state index in [2.05, 4.69) is 15.2 Å². The fraction of sp³-hybridized carbons (Fsp3) is 0.400. The van der Waals surface area contributed by atoms with Gasteiger partial charge < -0.3 is 15.2 Å². The molecule has 1 aromatic carbocycles. The van der Waals surface area contributed by atoms with Gasteiger partial charge in [0.2, 0.25) is 5.56 Å². The molecule has 3 rings (SSSR count). The molecule has 0 atom stereocenters. The largest absolute Gasteiger partial charge is 0.381 e. The topological polar surface area (TPSA) is 48.1 Å². The van der Waals surface area contributed by atoms with Crippen LogP contribution in [0.25, 0.3) is 10.9 Å². The van der Waals surface area contributed by atoms with Crippen LogP contribution in [0.1, 0.15) is 12.8 Å². The maximum absolute atomic E-state index is 14.0. The summed E-state index contributed by atoms with van der Waals surface area (Å²) >= 11 is 0. The molecular weight excluding hydrogens is 257 g/mol. The van der Waals surface area contributed by atoms with Gasteiger partial charge in [0.05, 0.1) is 11.2 Å². The highest BCUT2D eigenvalue weighted by atomic mass is 19.1. The van der Waals surface area contributed by atoms with E-state index in [1.54, 1.807) is 12.1 Å². The number of fused-ring (bicyclic) bond motifs is 1. The molecule has 5 heteroatoms. The van der Waals surface area contributed by atoms with Gasteiger partial charge in [-0.25, -0.2) is 4.39 Å². The van der Waals surface area contributed by atoms with Crippen molar-refractivity contribution in [3.8, 4) is 0 Å². The Bertz CT molecular complexity index is 662. The monoisotopic (exact) mass is 275 g/mol. The van der Waals surface area contributed by atoms with Crippen LogP contribution in [0.3, 0.4) is 0 Å². The SMILES string of the molecule is O=c1ccc2cc(F)c(NCCN3CCCC3)cc2[nH]1. The second-order valence-electron chi connectivity index (χ2n) is 5.22. The van der Waals surface area contributed by atoms with E-state index >= 15 is 0 Å². The Morgan fingerprint density at radius 2 is 2.05 bits per heavy atom. The van der Waals surface area contributed by atoms with E-state index in [1.807, 2.05) is 0 Å². The number of rotatable bonds is 4.